The molecule has 2 amide bonds. The van der Waals surface area contributed by atoms with E-state index in [-0.39, 0.29) is 30.3 Å². The smallest absolute Gasteiger partial charge is 0.253 e. The van der Waals surface area contributed by atoms with Gasteiger partial charge in [-0.15, -0.1) is 24.2 Å². The van der Waals surface area contributed by atoms with Crippen molar-refractivity contribution in [2.45, 2.75) is 32.7 Å². The molecule has 138 valence electrons. The molecule has 0 aromatic heterocycles. The van der Waals surface area contributed by atoms with Crippen LogP contribution in [-0.4, -0.2) is 47.5 Å². The van der Waals surface area contributed by atoms with Crippen molar-refractivity contribution in [3.63, 3.8) is 0 Å². The van der Waals surface area contributed by atoms with Crippen LogP contribution in [0.15, 0.2) is 18.2 Å². The first-order valence-corrected chi connectivity index (χ1v) is 9.72. The lowest BCUT2D eigenvalue weighted by molar-refractivity contribution is -0.117. The first-order valence-electron chi connectivity index (χ1n) is 8.56. The van der Waals surface area contributed by atoms with Crippen LogP contribution in [0.25, 0.3) is 0 Å². The number of halogens is 1. The van der Waals surface area contributed by atoms with Gasteiger partial charge in [0, 0.05) is 36.0 Å². The molecular weight excluding hydrogens is 358 g/mol. The number of amides is 2. The summed E-state index contributed by atoms with van der Waals surface area (Å²) in [5, 5.41) is 6.13. The summed E-state index contributed by atoms with van der Waals surface area (Å²) in [4.78, 5) is 26.8. The molecule has 1 atom stereocenters. The van der Waals surface area contributed by atoms with E-state index in [1.54, 1.807) is 11.8 Å². The molecule has 5 nitrogen and oxygen atoms in total. The molecule has 2 heterocycles. The summed E-state index contributed by atoms with van der Waals surface area (Å²) in [6.45, 7) is 5.84. The zero-order chi connectivity index (χ0) is 17.1. The molecule has 1 aromatic rings. The van der Waals surface area contributed by atoms with Gasteiger partial charge >= 0.3 is 0 Å². The Hall–Kier alpha value is -1.24. The molecule has 2 fully saturated rings. The lowest BCUT2D eigenvalue weighted by atomic mass is 9.98. The number of aryl methyl sites for hydroxylation is 1. The normalized spacial score (nSPS) is 20.9. The number of piperidine rings is 1. The Morgan fingerprint density at radius 2 is 2.00 bits per heavy atom. The average molecular weight is 384 g/mol. The SMILES string of the molecule is Cc1cc(C(=O)N2CCC(C)CC2)ccc1NC(=O)C1CSCN1.Cl. The van der Waals surface area contributed by atoms with E-state index in [1.165, 1.54) is 0 Å². The van der Waals surface area contributed by atoms with Crippen molar-refractivity contribution in [3.8, 4) is 0 Å². The van der Waals surface area contributed by atoms with E-state index >= 15 is 0 Å². The Labute approximate surface area is 159 Å². The topological polar surface area (TPSA) is 61.4 Å². The van der Waals surface area contributed by atoms with Crippen molar-refractivity contribution < 1.29 is 9.59 Å². The largest absolute Gasteiger partial charge is 0.339 e. The third-order valence-corrected chi connectivity index (χ3v) is 5.77. The Balaban J connectivity index is 0.00000225. The van der Waals surface area contributed by atoms with Crippen LogP contribution in [0.5, 0.6) is 0 Å². The van der Waals surface area contributed by atoms with Gasteiger partial charge < -0.3 is 10.2 Å². The molecule has 2 saturated heterocycles. The number of carbonyl (C=O) groups is 2. The van der Waals surface area contributed by atoms with Crippen molar-refractivity contribution in [2.75, 3.05) is 30.0 Å². The van der Waals surface area contributed by atoms with Crippen LogP contribution in [0.3, 0.4) is 0 Å². The van der Waals surface area contributed by atoms with E-state index in [4.69, 9.17) is 0 Å². The van der Waals surface area contributed by atoms with Crippen molar-refractivity contribution in [1.29, 1.82) is 0 Å². The summed E-state index contributed by atoms with van der Waals surface area (Å²) in [6.07, 6.45) is 2.15. The van der Waals surface area contributed by atoms with Gasteiger partial charge in [-0.1, -0.05) is 6.92 Å². The molecule has 0 aliphatic carbocycles. The Kier molecular flexibility index (Phi) is 7.16. The maximum absolute atomic E-state index is 12.6. The lowest BCUT2D eigenvalue weighted by Gasteiger charge is -2.30. The number of benzene rings is 1. The van der Waals surface area contributed by atoms with Gasteiger partial charge in [-0.25, -0.2) is 0 Å². The fourth-order valence-electron chi connectivity index (χ4n) is 3.11. The molecule has 2 aliphatic rings. The first kappa shape index (κ1) is 20.1. The number of anilines is 1. The highest BCUT2D eigenvalue weighted by Crippen LogP contribution is 2.22. The number of nitrogens with zero attached hydrogens (tertiary/aromatic N) is 1. The van der Waals surface area contributed by atoms with Gasteiger partial charge in [0.1, 0.15) is 0 Å². The summed E-state index contributed by atoms with van der Waals surface area (Å²) in [5.41, 5.74) is 2.40. The highest BCUT2D eigenvalue weighted by molar-refractivity contribution is 7.99. The van der Waals surface area contributed by atoms with E-state index < -0.39 is 0 Å². The van der Waals surface area contributed by atoms with Crippen molar-refractivity contribution in [2.24, 2.45) is 5.92 Å². The molecule has 2 N–H and O–H groups in total. The van der Waals surface area contributed by atoms with Crippen molar-refractivity contribution >= 4 is 41.7 Å². The van der Waals surface area contributed by atoms with Crippen molar-refractivity contribution in [3.05, 3.63) is 29.3 Å². The van der Waals surface area contributed by atoms with Gasteiger partial charge in [0.05, 0.1) is 6.04 Å². The molecule has 7 heteroatoms. The minimum atomic E-state index is -0.133. The van der Waals surface area contributed by atoms with Gasteiger partial charge in [-0.3, -0.25) is 14.9 Å². The summed E-state index contributed by atoms with van der Waals surface area (Å²) in [7, 11) is 0. The Morgan fingerprint density at radius 3 is 2.60 bits per heavy atom. The van der Waals surface area contributed by atoms with Crippen LogP contribution >= 0.6 is 24.2 Å². The predicted molar refractivity (Wildman–Crippen MR) is 106 cm³/mol. The lowest BCUT2D eigenvalue weighted by Crippen LogP contribution is -2.38. The number of rotatable bonds is 3. The second-order valence-electron chi connectivity index (χ2n) is 6.77. The number of likely N-dealkylation sites (tertiary alicyclic amines) is 1. The average Bonchev–Trinajstić information content (AvgIpc) is 3.11. The molecule has 3 rings (SSSR count). The Bertz CT molecular complexity index is 627. The number of hydrogen-bond acceptors (Lipinski definition) is 4. The summed E-state index contributed by atoms with van der Waals surface area (Å²) < 4.78 is 0. The highest BCUT2D eigenvalue weighted by atomic mass is 35.5. The van der Waals surface area contributed by atoms with Crippen LogP contribution in [-0.2, 0) is 4.79 Å². The van der Waals surface area contributed by atoms with E-state index in [9.17, 15) is 9.59 Å². The molecule has 1 aromatic carbocycles. The molecule has 25 heavy (non-hydrogen) atoms. The van der Waals surface area contributed by atoms with Gasteiger partial charge in [0.15, 0.2) is 0 Å². The van der Waals surface area contributed by atoms with Crippen molar-refractivity contribution in [1.82, 2.24) is 10.2 Å². The molecule has 0 radical (unpaired) electrons. The summed E-state index contributed by atoms with van der Waals surface area (Å²) in [6, 6.07) is 5.41. The zero-order valence-electron chi connectivity index (χ0n) is 14.7. The Morgan fingerprint density at radius 1 is 1.28 bits per heavy atom. The maximum Gasteiger partial charge on any atom is 0.253 e. The van der Waals surface area contributed by atoms with Crippen LogP contribution in [0.2, 0.25) is 0 Å². The van der Waals surface area contributed by atoms with E-state index in [2.05, 4.69) is 17.6 Å². The van der Waals surface area contributed by atoms with Crippen LogP contribution < -0.4 is 10.6 Å². The molecule has 0 saturated carbocycles. The highest BCUT2D eigenvalue weighted by Gasteiger charge is 2.24. The van der Waals surface area contributed by atoms with Crippen LogP contribution in [0.1, 0.15) is 35.7 Å². The monoisotopic (exact) mass is 383 g/mol. The molecule has 0 spiro atoms. The molecule has 0 bridgehead atoms. The number of thioether (sulfide) groups is 1. The molecular formula is C18H26ClN3O2S. The van der Waals surface area contributed by atoms with E-state index in [0.29, 0.717) is 11.5 Å². The minimum absolute atomic E-state index is 0. The minimum Gasteiger partial charge on any atom is -0.339 e. The summed E-state index contributed by atoms with van der Waals surface area (Å²) in [5.74, 6) is 2.41. The third kappa shape index (κ3) is 4.90. The predicted octanol–water partition coefficient (Wildman–Crippen LogP) is 2.89. The van der Waals surface area contributed by atoms with Crippen LogP contribution in [0, 0.1) is 12.8 Å². The number of nitrogens with one attached hydrogen (secondary N) is 2. The molecule has 2 aliphatic heterocycles. The quantitative estimate of drug-likeness (QED) is 0.842. The third-order valence-electron chi connectivity index (χ3n) is 4.83. The van der Waals surface area contributed by atoms with E-state index in [0.717, 1.165) is 48.8 Å². The summed E-state index contributed by atoms with van der Waals surface area (Å²) >= 11 is 1.73. The number of hydrogen-bond donors (Lipinski definition) is 2. The fourth-order valence-corrected chi connectivity index (χ4v) is 4.06. The number of carbonyl (C=O) groups excluding carboxylic acids is 2. The molecule has 1 unspecified atom stereocenters. The second-order valence-corrected chi connectivity index (χ2v) is 7.80. The van der Waals surface area contributed by atoms with Gasteiger partial charge in [-0.2, -0.15) is 0 Å². The standard InChI is InChI=1S/C18H25N3O2S.ClH/c1-12-5-7-21(8-6-12)18(23)14-3-4-15(13(2)9-14)20-17(22)16-10-24-11-19-16;/h3-4,9,12,16,19H,5-8,10-11H2,1-2H3,(H,20,22);1H. The maximum atomic E-state index is 12.6. The second kappa shape index (κ2) is 8.92. The first-order chi connectivity index (χ1) is 11.5. The van der Waals surface area contributed by atoms with E-state index in [1.807, 2.05) is 30.0 Å². The van der Waals surface area contributed by atoms with Crippen LogP contribution in [0.4, 0.5) is 5.69 Å². The zero-order valence-corrected chi connectivity index (χ0v) is 16.3. The van der Waals surface area contributed by atoms with Gasteiger partial charge in [0.2, 0.25) is 5.91 Å². The fraction of sp³-hybridized carbons (Fsp3) is 0.556. The van der Waals surface area contributed by atoms with Gasteiger partial charge in [-0.05, 0) is 49.4 Å². The van der Waals surface area contributed by atoms with Gasteiger partial charge in [0.25, 0.3) is 5.91 Å².